The number of nitrogens with zero attached hydrogens (tertiary/aromatic N) is 4. The first kappa shape index (κ1) is 17.1. The van der Waals surface area contributed by atoms with Gasteiger partial charge in [-0.3, -0.25) is 9.59 Å². The molecule has 3 rings (SSSR count). The minimum Gasteiger partial charge on any atom is -0.349 e. The van der Waals surface area contributed by atoms with Gasteiger partial charge in [0.15, 0.2) is 5.69 Å². The topological polar surface area (TPSA) is 80.1 Å². The highest BCUT2D eigenvalue weighted by atomic mass is 16.2. The molecule has 0 aliphatic carbocycles. The van der Waals surface area contributed by atoms with Gasteiger partial charge in [-0.25, -0.2) is 4.68 Å². The lowest BCUT2D eigenvalue weighted by atomic mass is 10.2. The Kier molecular flexibility index (Phi) is 5.42. The highest BCUT2D eigenvalue weighted by Crippen LogP contribution is 2.11. The summed E-state index contributed by atoms with van der Waals surface area (Å²) in [7, 11) is 0. The maximum Gasteiger partial charge on any atom is 0.273 e. The predicted octanol–water partition coefficient (Wildman–Crippen LogP) is 1.71. The minimum atomic E-state index is -0.277. The molecule has 1 fully saturated rings. The zero-order valence-corrected chi connectivity index (χ0v) is 14.4. The van der Waals surface area contributed by atoms with Crippen LogP contribution in [-0.4, -0.2) is 51.3 Å². The summed E-state index contributed by atoms with van der Waals surface area (Å²) in [4.78, 5) is 26.0. The number of aryl methyl sites for hydroxylation is 1. The Labute approximate surface area is 147 Å². The molecular weight excluding hydrogens is 318 g/mol. The standard InChI is InChI=1S/C18H23N5O2/c1-14-6-8-15(9-7-14)23-13-16(20-21-23)18(25)19-10-12-22-11-4-2-3-5-17(22)24/h6-9,13H,2-5,10-12H2,1H3,(H,19,25). The fourth-order valence-corrected chi connectivity index (χ4v) is 2.86. The van der Waals surface area contributed by atoms with E-state index in [1.165, 1.54) is 0 Å². The zero-order chi connectivity index (χ0) is 17.6. The van der Waals surface area contributed by atoms with Gasteiger partial charge < -0.3 is 10.2 Å². The van der Waals surface area contributed by atoms with Crippen molar-refractivity contribution in [3.05, 3.63) is 41.7 Å². The van der Waals surface area contributed by atoms with Gasteiger partial charge >= 0.3 is 0 Å². The van der Waals surface area contributed by atoms with Gasteiger partial charge in [-0.2, -0.15) is 0 Å². The van der Waals surface area contributed by atoms with Gasteiger partial charge in [0, 0.05) is 26.1 Å². The van der Waals surface area contributed by atoms with E-state index < -0.39 is 0 Å². The van der Waals surface area contributed by atoms with Crippen molar-refractivity contribution in [1.29, 1.82) is 0 Å². The molecule has 7 heteroatoms. The van der Waals surface area contributed by atoms with Crippen LogP contribution in [0.25, 0.3) is 5.69 Å². The van der Waals surface area contributed by atoms with Crippen LogP contribution in [0.15, 0.2) is 30.5 Å². The van der Waals surface area contributed by atoms with Crippen LogP contribution in [-0.2, 0) is 4.79 Å². The number of nitrogens with one attached hydrogen (secondary N) is 1. The van der Waals surface area contributed by atoms with E-state index in [1.807, 2.05) is 36.1 Å². The lowest BCUT2D eigenvalue weighted by molar-refractivity contribution is -0.130. The van der Waals surface area contributed by atoms with Gasteiger partial charge in [0.05, 0.1) is 11.9 Å². The summed E-state index contributed by atoms with van der Waals surface area (Å²) >= 11 is 0. The summed E-state index contributed by atoms with van der Waals surface area (Å²) in [6, 6.07) is 7.82. The third-order valence-corrected chi connectivity index (χ3v) is 4.36. The molecule has 25 heavy (non-hydrogen) atoms. The van der Waals surface area contributed by atoms with E-state index in [-0.39, 0.29) is 17.5 Å². The minimum absolute atomic E-state index is 0.178. The SMILES string of the molecule is Cc1ccc(-n2cc(C(=O)NCCN3CCCCCC3=O)nn2)cc1. The molecule has 0 radical (unpaired) electrons. The van der Waals surface area contributed by atoms with Gasteiger partial charge in [-0.15, -0.1) is 5.10 Å². The van der Waals surface area contributed by atoms with Gasteiger partial charge in [-0.1, -0.05) is 29.3 Å². The first-order valence-electron chi connectivity index (χ1n) is 8.69. The maximum atomic E-state index is 12.2. The molecule has 1 aliphatic rings. The van der Waals surface area contributed by atoms with Crippen molar-refractivity contribution < 1.29 is 9.59 Å². The number of hydrogen-bond donors (Lipinski definition) is 1. The smallest absolute Gasteiger partial charge is 0.273 e. The normalized spacial score (nSPS) is 15.1. The van der Waals surface area contributed by atoms with E-state index >= 15 is 0 Å². The van der Waals surface area contributed by atoms with E-state index in [1.54, 1.807) is 10.9 Å². The van der Waals surface area contributed by atoms with Crippen molar-refractivity contribution in [3.8, 4) is 5.69 Å². The van der Waals surface area contributed by atoms with Crippen molar-refractivity contribution in [2.75, 3.05) is 19.6 Å². The van der Waals surface area contributed by atoms with Crippen LogP contribution in [0.5, 0.6) is 0 Å². The van der Waals surface area contributed by atoms with Crippen molar-refractivity contribution in [2.45, 2.75) is 32.6 Å². The van der Waals surface area contributed by atoms with Gasteiger partial charge in [0.25, 0.3) is 5.91 Å². The number of amides is 2. The molecule has 0 spiro atoms. The van der Waals surface area contributed by atoms with Gasteiger partial charge in [-0.05, 0) is 31.9 Å². The van der Waals surface area contributed by atoms with Crippen molar-refractivity contribution in [3.63, 3.8) is 0 Å². The first-order chi connectivity index (χ1) is 12.1. The summed E-state index contributed by atoms with van der Waals surface area (Å²) in [5.41, 5.74) is 2.28. The third kappa shape index (κ3) is 4.43. The van der Waals surface area contributed by atoms with Crippen molar-refractivity contribution in [2.24, 2.45) is 0 Å². The third-order valence-electron chi connectivity index (χ3n) is 4.36. The number of aromatic nitrogens is 3. The Morgan fingerprint density at radius 3 is 2.80 bits per heavy atom. The number of rotatable bonds is 5. The lowest BCUT2D eigenvalue weighted by Gasteiger charge is -2.20. The molecule has 0 atom stereocenters. The maximum absolute atomic E-state index is 12.2. The Hall–Kier alpha value is -2.70. The van der Waals surface area contributed by atoms with Crippen LogP contribution >= 0.6 is 0 Å². The monoisotopic (exact) mass is 341 g/mol. The number of carbonyl (C=O) groups is 2. The number of carbonyl (C=O) groups excluding carboxylic acids is 2. The Bertz CT molecular complexity index is 738. The molecule has 1 aliphatic heterocycles. The van der Waals surface area contributed by atoms with Crippen LogP contribution < -0.4 is 5.32 Å². The molecule has 1 aromatic carbocycles. The molecule has 0 saturated carbocycles. The van der Waals surface area contributed by atoms with Gasteiger partial charge in [0.1, 0.15) is 0 Å². The molecule has 0 unspecified atom stereocenters. The van der Waals surface area contributed by atoms with E-state index in [0.29, 0.717) is 19.5 Å². The second kappa shape index (κ2) is 7.92. The average Bonchev–Trinajstić information content (AvgIpc) is 3.01. The molecule has 2 aromatic rings. The molecule has 1 saturated heterocycles. The van der Waals surface area contributed by atoms with Crippen molar-refractivity contribution in [1.82, 2.24) is 25.2 Å². The number of hydrogen-bond acceptors (Lipinski definition) is 4. The second-order valence-electron chi connectivity index (χ2n) is 6.33. The summed E-state index contributed by atoms with van der Waals surface area (Å²) in [5, 5.41) is 10.7. The quantitative estimate of drug-likeness (QED) is 0.898. The summed E-state index contributed by atoms with van der Waals surface area (Å²) in [6.07, 6.45) is 5.31. The zero-order valence-electron chi connectivity index (χ0n) is 14.4. The molecule has 2 amide bonds. The average molecular weight is 341 g/mol. The fraction of sp³-hybridized carbons (Fsp3) is 0.444. The summed E-state index contributed by atoms with van der Waals surface area (Å²) < 4.78 is 1.58. The van der Waals surface area contributed by atoms with Crippen LogP contribution in [0.3, 0.4) is 0 Å². The van der Waals surface area contributed by atoms with Crippen molar-refractivity contribution >= 4 is 11.8 Å². The predicted molar refractivity (Wildman–Crippen MR) is 93.5 cm³/mol. The highest BCUT2D eigenvalue weighted by molar-refractivity contribution is 5.91. The van der Waals surface area contributed by atoms with E-state index in [9.17, 15) is 9.59 Å². The molecule has 1 N–H and O–H groups in total. The van der Waals surface area contributed by atoms with Crippen LogP contribution in [0, 0.1) is 6.92 Å². The molecule has 0 bridgehead atoms. The largest absolute Gasteiger partial charge is 0.349 e. The van der Waals surface area contributed by atoms with Crippen LogP contribution in [0.2, 0.25) is 0 Å². The Morgan fingerprint density at radius 2 is 2.00 bits per heavy atom. The highest BCUT2D eigenvalue weighted by Gasteiger charge is 2.17. The molecule has 7 nitrogen and oxygen atoms in total. The van der Waals surface area contributed by atoms with Crippen LogP contribution in [0.1, 0.15) is 41.7 Å². The first-order valence-corrected chi connectivity index (χ1v) is 8.69. The van der Waals surface area contributed by atoms with E-state index in [0.717, 1.165) is 37.1 Å². The molecular formula is C18H23N5O2. The Morgan fingerprint density at radius 1 is 1.20 bits per heavy atom. The lowest BCUT2D eigenvalue weighted by Crippen LogP contribution is -2.38. The number of likely N-dealkylation sites (tertiary alicyclic amines) is 1. The van der Waals surface area contributed by atoms with E-state index in [2.05, 4.69) is 15.6 Å². The number of benzene rings is 1. The van der Waals surface area contributed by atoms with Crippen LogP contribution in [0.4, 0.5) is 0 Å². The Balaban J connectivity index is 1.53. The summed E-state index contributed by atoms with van der Waals surface area (Å²) in [6.45, 7) is 3.75. The molecule has 1 aromatic heterocycles. The summed E-state index contributed by atoms with van der Waals surface area (Å²) in [5.74, 6) is -0.0994. The molecule has 132 valence electrons. The fourth-order valence-electron chi connectivity index (χ4n) is 2.86. The second-order valence-corrected chi connectivity index (χ2v) is 6.33. The molecule has 2 heterocycles. The van der Waals surface area contributed by atoms with Gasteiger partial charge in [0.2, 0.25) is 5.91 Å². The van der Waals surface area contributed by atoms with E-state index in [4.69, 9.17) is 0 Å².